The number of para-hydroxylation sites is 1. The maximum absolute atomic E-state index is 14.0. The Morgan fingerprint density at radius 3 is 2.57 bits per heavy atom. The average molecular weight is 704 g/mol. The van der Waals surface area contributed by atoms with Gasteiger partial charge < -0.3 is 20.3 Å². The van der Waals surface area contributed by atoms with Crippen LogP contribution in [0.4, 0.5) is 0 Å². The molecule has 3 N–H and O–H groups in total. The Bertz CT molecular complexity index is 1720. The van der Waals surface area contributed by atoms with Crippen LogP contribution in [0.3, 0.4) is 0 Å². The van der Waals surface area contributed by atoms with Crippen LogP contribution in [0.5, 0.6) is 5.75 Å². The third-order valence-electron chi connectivity index (χ3n) is 9.72. The van der Waals surface area contributed by atoms with Gasteiger partial charge in [0, 0.05) is 73.5 Å². The highest BCUT2D eigenvalue weighted by atomic mass is 35.5. The third-order valence-corrected chi connectivity index (χ3v) is 12.2. The summed E-state index contributed by atoms with van der Waals surface area (Å²) in [5, 5.41) is 8.21. The first-order valence-corrected chi connectivity index (χ1v) is 18.8. The molecule has 13 heteroatoms. The largest absolute Gasteiger partial charge is 0.487 e. The summed E-state index contributed by atoms with van der Waals surface area (Å²) in [5.74, 6) is 0.394. The molecule has 10 nitrogen and oxygen atoms in total. The Kier molecular flexibility index (Phi) is 10.6. The van der Waals surface area contributed by atoms with Crippen LogP contribution in [0, 0.1) is 13.8 Å². The molecule has 3 aromatic rings. The molecule has 1 unspecified atom stereocenters. The molecule has 0 bridgehead atoms. The highest BCUT2D eigenvalue weighted by molar-refractivity contribution is 7.89. The fourth-order valence-electron chi connectivity index (χ4n) is 7.12. The summed E-state index contributed by atoms with van der Waals surface area (Å²) in [6, 6.07) is 11.1. The van der Waals surface area contributed by atoms with E-state index in [1.165, 1.54) is 12.1 Å². The van der Waals surface area contributed by atoms with Crippen LogP contribution in [0.15, 0.2) is 41.3 Å². The Morgan fingerprint density at radius 2 is 1.85 bits per heavy atom. The quantitative estimate of drug-likeness (QED) is 0.285. The maximum atomic E-state index is 14.0. The van der Waals surface area contributed by atoms with Gasteiger partial charge in [-0.15, -0.1) is 0 Å². The first kappa shape index (κ1) is 34.4. The van der Waals surface area contributed by atoms with E-state index in [4.69, 9.17) is 27.9 Å². The van der Waals surface area contributed by atoms with E-state index in [-0.39, 0.29) is 27.5 Å². The van der Waals surface area contributed by atoms with E-state index in [1.807, 2.05) is 43.0 Å². The summed E-state index contributed by atoms with van der Waals surface area (Å²) in [6.45, 7) is 10.5. The number of carbonyl (C=O) groups excluding carboxylic acids is 1. The number of hydrogen-bond acceptors (Lipinski definition) is 8. The van der Waals surface area contributed by atoms with Crippen LogP contribution < -0.4 is 20.1 Å². The Hall–Kier alpha value is -2.51. The van der Waals surface area contributed by atoms with Gasteiger partial charge >= 0.3 is 0 Å². The highest BCUT2D eigenvalue weighted by Gasteiger charge is 2.47. The van der Waals surface area contributed by atoms with Crippen molar-refractivity contribution >= 4 is 50.0 Å². The zero-order chi connectivity index (χ0) is 33.2. The molecule has 6 rings (SSSR count). The number of nitrogens with one attached hydrogen (secondary N) is 3. The molecule has 0 spiro atoms. The summed E-state index contributed by atoms with van der Waals surface area (Å²) < 4.78 is 37.0. The topological polar surface area (TPSA) is 116 Å². The lowest BCUT2D eigenvalue weighted by molar-refractivity contribution is -0.139. The number of pyridine rings is 1. The minimum absolute atomic E-state index is 0.0255. The van der Waals surface area contributed by atoms with Gasteiger partial charge in [0.15, 0.2) is 0 Å². The smallest absolute Gasteiger partial charge is 0.243 e. The molecule has 2 aliphatic heterocycles. The first-order valence-electron chi connectivity index (χ1n) is 16.5. The minimum atomic E-state index is -4.20. The lowest BCUT2D eigenvalue weighted by atomic mass is 9.96. The number of piperazine rings is 2. The number of carbonyl (C=O) groups is 1. The molecular weight excluding hydrogens is 659 g/mol. The van der Waals surface area contributed by atoms with Gasteiger partial charge in [-0.25, -0.2) is 13.4 Å². The second-order valence-corrected chi connectivity index (χ2v) is 15.5. The molecule has 1 atom stereocenters. The Balaban J connectivity index is 1.15. The van der Waals surface area contributed by atoms with Gasteiger partial charge in [0.25, 0.3) is 0 Å². The van der Waals surface area contributed by atoms with Crippen molar-refractivity contribution < 1.29 is 17.9 Å². The first-order chi connectivity index (χ1) is 22.6. The zero-order valence-electron chi connectivity index (χ0n) is 27.1. The predicted molar refractivity (Wildman–Crippen MR) is 186 cm³/mol. The van der Waals surface area contributed by atoms with E-state index in [1.54, 1.807) is 0 Å². The average Bonchev–Trinajstić information content (AvgIpc) is 3.53. The molecule has 3 heterocycles. The minimum Gasteiger partial charge on any atom is -0.487 e. The number of halogens is 2. The van der Waals surface area contributed by atoms with Gasteiger partial charge in [-0.1, -0.05) is 48.2 Å². The maximum Gasteiger partial charge on any atom is 0.243 e. The number of nitrogens with zero attached hydrogens (tertiary/aromatic N) is 3. The molecule has 1 amide bonds. The summed E-state index contributed by atoms with van der Waals surface area (Å²) in [4.78, 5) is 22.8. The summed E-state index contributed by atoms with van der Waals surface area (Å²) in [7, 11) is -4.20. The van der Waals surface area contributed by atoms with Gasteiger partial charge in [-0.05, 0) is 69.5 Å². The van der Waals surface area contributed by atoms with E-state index in [2.05, 4.69) is 25.2 Å². The van der Waals surface area contributed by atoms with Crippen LogP contribution >= 0.6 is 23.2 Å². The molecule has 3 aliphatic rings. The number of amides is 1. The number of aryl methyl sites for hydroxylation is 2. The van der Waals surface area contributed by atoms with Crippen molar-refractivity contribution in [3.63, 3.8) is 0 Å². The lowest BCUT2D eigenvalue weighted by Gasteiger charge is -2.40. The van der Waals surface area contributed by atoms with E-state index < -0.39 is 15.6 Å². The van der Waals surface area contributed by atoms with Crippen molar-refractivity contribution in [3.8, 4) is 5.75 Å². The fraction of sp³-hybridized carbons (Fsp3) is 0.529. The number of fused-ring (bicyclic) bond motifs is 1. The van der Waals surface area contributed by atoms with Crippen LogP contribution in [0.2, 0.25) is 10.0 Å². The number of rotatable bonds is 10. The number of ether oxygens (including phenoxy) is 1. The monoisotopic (exact) mass is 702 g/mol. The SMILES string of the molecule is Cc1cc(C)c2cccc(OCc3c(Cl)ccc(S(=O)(=O)NC4(C(=O)N5CCN(CCC6CNCCN6)CC5)CCCC4)c3Cl)c2n1. The van der Waals surface area contributed by atoms with Crippen molar-refractivity contribution in [2.75, 3.05) is 52.4 Å². The molecule has 1 aliphatic carbocycles. The van der Waals surface area contributed by atoms with E-state index >= 15 is 0 Å². The van der Waals surface area contributed by atoms with Gasteiger partial charge in [-0.2, -0.15) is 4.72 Å². The van der Waals surface area contributed by atoms with Crippen LogP contribution in [0.1, 0.15) is 48.9 Å². The molecule has 254 valence electrons. The Morgan fingerprint density at radius 1 is 1.09 bits per heavy atom. The number of benzene rings is 2. The van der Waals surface area contributed by atoms with Crippen LogP contribution in [-0.4, -0.2) is 93.0 Å². The van der Waals surface area contributed by atoms with Gasteiger partial charge in [0.1, 0.15) is 28.3 Å². The van der Waals surface area contributed by atoms with Crippen molar-refractivity contribution in [2.45, 2.75) is 69.0 Å². The summed E-state index contributed by atoms with van der Waals surface area (Å²) in [5.41, 5.74) is 1.80. The second-order valence-electron chi connectivity index (χ2n) is 13.0. The highest BCUT2D eigenvalue weighted by Crippen LogP contribution is 2.37. The van der Waals surface area contributed by atoms with E-state index in [9.17, 15) is 13.2 Å². The van der Waals surface area contributed by atoms with Crippen LogP contribution in [-0.2, 0) is 21.4 Å². The number of sulfonamides is 1. The molecular formula is C34H44Cl2N6O4S. The molecule has 2 aromatic carbocycles. The standard InChI is InChI=1S/C34H44Cl2N6O4S/c1-23-20-24(2)39-32-26(23)6-5-7-29(32)46-22-27-28(35)8-9-30(31(27)36)47(44,45)40-34(11-3-4-12-34)33(43)42-18-16-41(17-19-42)15-10-25-21-37-13-14-38-25/h5-9,20,25,37-38,40H,3-4,10-19,21-22H2,1-2H3. The van der Waals surface area contributed by atoms with Crippen LogP contribution in [0.25, 0.3) is 10.9 Å². The van der Waals surface area contributed by atoms with Gasteiger partial charge in [-0.3, -0.25) is 9.69 Å². The van der Waals surface area contributed by atoms with Crippen molar-refractivity contribution in [1.82, 2.24) is 30.1 Å². The molecule has 1 saturated carbocycles. The van der Waals surface area contributed by atoms with E-state index in [0.29, 0.717) is 48.8 Å². The molecule has 1 aromatic heterocycles. The van der Waals surface area contributed by atoms with Gasteiger partial charge in [0.05, 0.1) is 5.02 Å². The van der Waals surface area contributed by atoms with Gasteiger partial charge in [0.2, 0.25) is 15.9 Å². The van der Waals surface area contributed by atoms with E-state index in [0.717, 1.165) is 75.2 Å². The second kappa shape index (κ2) is 14.5. The fourth-order valence-corrected chi connectivity index (χ4v) is 9.43. The zero-order valence-corrected chi connectivity index (χ0v) is 29.4. The molecule has 47 heavy (non-hydrogen) atoms. The normalized spacial score (nSPS) is 20.5. The molecule has 3 fully saturated rings. The lowest BCUT2D eigenvalue weighted by Crippen LogP contribution is -2.61. The van der Waals surface area contributed by atoms with Crippen molar-refractivity contribution in [3.05, 3.63) is 63.3 Å². The third kappa shape index (κ3) is 7.56. The Labute approximate surface area is 287 Å². The predicted octanol–water partition coefficient (Wildman–Crippen LogP) is 4.42. The number of hydrogen-bond donors (Lipinski definition) is 3. The van der Waals surface area contributed by atoms with Crippen molar-refractivity contribution in [1.29, 1.82) is 0 Å². The summed E-state index contributed by atoms with van der Waals surface area (Å²) >= 11 is 13.3. The summed E-state index contributed by atoms with van der Waals surface area (Å²) in [6.07, 6.45) is 3.47. The van der Waals surface area contributed by atoms with Crippen molar-refractivity contribution in [2.24, 2.45) is 0 Å². The molecule has 2 saturated heterocycles. The molecule has 0 radical (unpaired) electrons. The number of aromatic nitrogens is 1.